The maximum Gasteiger partial charge on any atom is 0.123 e. The van der Waals surface area contributed by atoms with Gasteiger partial charge in [0.25, 0.3) is 0 Å². The molecule has 0 radical (unpaired) electrons. The van der Waals surface area contributed by atoms with Gasteiger partial charge in [0, 0.05) is 10.6 Å². The third kappa shape index (κ3) is 3.61. The Morgan fingerprint density at radius 1 is 1.06 bits per heavy atom. The van der Waals surface area contributed by atoms with E-state index in [-0.39, 0.29) is 5.82 Å². The summed E-state index contributed by atoms with van der Waals surface area (Å²) in [5, 5.41) is 0. The maximum atomic E-state index is 13.5. The van der Waals surface area contributed by atoms with Gasteiger partial charge < -0.3 is 0 Å². The molecule has 2 heteroatoms. The van der Waals surface area contributed by atoms with Crippen LogP contribution in [0, 0.1) is 5.82 Å². The molecule has 0 amide bonds. The Labute approximate surface area is 112 Å². The van der Waals surface area contributed by atoms with Crippen molar-refractivity contribution in [2.24, 2.45) is 0 Å². The van der Waals surface area contributed by atoms with Crippen LogP contribution in [0.25, 0.3) is 0 Å². The van der Waals surface area contributed by atoms with Gasteiger partial charge in [-0.3, -0.25) is 0 Å². The normalized spacial score (nSPS) is 10.9. The Morgan fingerprint density at radius 3 is 2.44 bits per heavy atom. The molecule has 0 N–H and O–H groups in total. The van der Waals surface area contributed by atoms with Crippen LogP contribution in [-0.2, 0) is 5.75 Å². The molecule has 2 rings (SSSR count). The van der Waals surface area contributed by atoms with Gasteiger partial charge in [0.15, 0.2) is 0 Å². The number of thioether (sulfide) groups is 1. The smallest absolute Gasteiger partial charge is 0.123 e. The first-order chi connectivity index (χ1) is 8.65. The van der Waals surface area contributed by atoms with Crippen molar-refractivity contribution in [3.63, 3.8) is 0 Å². The van der Waals surface area contributed by atoms with Crippen LogP contribution < -0.4 is 0 Å². The fraction of sp³-hybridized carbons (Fsp3) is 0.250. The van der Waals surface area contributed by atoms with Gasteiger partial charge in [0.05, 0.1) is 0 Å². The molecule has 2 aromatic rings. The largest absolute Gasteiger partial charge is 0.207 e. The summed E-state index contributed by atoms with van der Waals surface area (Å²) in [5.41, 5.74) is 2.12. The maximum absolute atomic E-state index is 13.5. The van der Waals surface area contributed by atoms with E-state index in [0.717, 1.165) is 16.9 Å². The summed E-state index contributed by atoms with van der Waals surface area (Å²) in [5.74, 6) is 1.03. The van der Waals surface area contributed by atoms with E-state index in [1.807, 2.05) is 18.2 Å². The average molecular weight is 260 g/mol. The first kappa shape index (κ1) is 13.2. The molecular weight excluding hydrogens is 243 g/mol. The van der Waals surface area contributed by atoms with E-state index in [1.165, 1.54) is 4.90 Å². The lowest BCUT2D eigenvalue weighted by Crippen LogP contribution is -1.92. The van der Waals surface area contributed by atoms with Gasteiger partial charge in [0.2, 0.25) is 0 Å². The average Bonchev–Trinajstić information content (AvgIpc) is 2.37. The molecule has 0 fully saturated rings. The highest BCUT2D eigenvalue weighted by atomic mass is 32.2. The molecular formula is C16H17FS. The van der Waals surface area contributed by atoms with E-state index >= 15 is 0 Å². The molecule has 0 saturated carbocycles. The number of halogens is 1. The minimum absolute atomic E-state index is 0.134. The molecule has 0 saturated heterocycles. The van der Waals surface area contributed by atoms with Crippen molar-refractivity contribution in [2.75, 3.05) is 0 Å². The molecule has 18 heavy (non-hydrogen) atoms. The Kier molecular flexibility index (Phi) is 4.43. The topological polar surface area (TPSA) is 0 Å². The predicted octanol–water partition coefficient (Wildman–Crippen LogP) is 5.24. The first-order valence-corrected chi connectivity index (χ1v) is 7.11. The lowest BCUT2D eigenvalue weighted by Gasteiger charge is -2.09. The van der Waals surface area contributed by atoms with Crippen LogP contribution >= 0.6 is 11.8 Å². The van der Waals surface area contributed by atoms with Crippen molar-refractivity contribution in [1.29, 1.82) is 0 Å². The highest BCUT2D eigenvalue weighted by Gasteiger charge is 2.05. The van der Waals surface area contributed by atoms with Crippen molar-refractivity contribution in [2.45, 2.75) is 30.4 Å². The first-order valence-electron chi connectivity index (χ1n) is 6.12. The van der Waals surface area contributed by atoms with Gasteiger partial charge in [0.1, 0.15) is 5.82 Å². The van der Waals surface area contributed by atoms with E-state index in [2.05, 4.69) is 32.0 Å². The molecule has 0 nitrogen and oxygen atoms in total. The molecule has 0 aromatic heterocycles. The fourth-order valence-electron chi connectivity index (χ4n) is 1.78. The summed E-state index contributed by atoms with van der Waals surface area (Å²) in [7, 11) is 0. The van der Waals surface area contributed by atoms with Crippen LogP contribution in [0.4, 0.5) is 4.39 Å². The van der Waals surface area contributed by atoms with E-state index in [4.69, 9.17) is 0 Å². The summed E-state index contributed by atoms with van der Waals surface area (Å²) in [4.78, 5) is 1.22. The third-order valence-corrected chi connectivity index (χ3v) is 3.88. The monoisotopic (exact) mass is 260 g/mol. The molecule has 0 heterocycles. The zero-order valence-corrected chi connectivity index (χ0v) is 11.5. The second-order valence-electron chi connectivity index (χ2n) is 4.65. The van der Waals surface area contributed by atoms with Crippen LogP contribution in [0.5, 0.6) is 0 Å². The molecule has 0 aliphatic rings. The Balaban J connectivity index is 2.10. The number of hydrogen-bond acceptors (Lipinski definition) is 1. The van der Waals surface area contributed by atoms with Crippen molar-refractivity contribution >= 4 is 11.8 Å². The molecule has 0 aliphatic heterocycles. The fourth-order valence-corrected chi connectivity index (χ4v) is 2.63. The molecule has 94 valence electrons. The highest BCUT2D eigenvalue weighted by Crippen LogP contribution is 2.25. The van der Waals surface area contributed by atoms with Gasteiger partial charge in [-0.15, -0.1) is 11.8 Å². The van der Waals surface area contributed by atoms with Crippen molar-refractivity contribution in [3.8, 4) is 0 Å². The van der Waals surface area contributed by atoms with Gasteiger partial charge in [-0.1, -0.05) is 38.1 Å². The highest BCUT2D eigenvalue weighted by molar-refractivity contribution is 7.98. The van der Waals surface area contributed by atoms with Crippen LogP contribution in [0.1, 0.15) is 30.9 Å². The Morgan fingerprint density at radius 2 is 1.78 bits per heavy atom. The second kappa shape index (κ2) is 6.05. The summed E-state index contributed by atoms with van der Waals surface area (Å²) in [6.45, 7) is 4.17. The Bertz CT molecular complexity index is 506. The van der Waals surface area contributed by atoms with Crippen molar-refractivity contribution in [1.82, 2.24) is 0 Å². The van der Waals surface area contributed by atoms with E-state index < -0.39 is 0 Å². The van der Waals surface area contributed by atoms with Gasteiger partial charge >= 0.3 is 0 Å². The predicted molar refractivity (Wildman–Crippen MR) is 76.5 cm³/mol. The van der Waals surface area contributed by atoms with E-state index in [9.17, 15) is 4.39 Å². The molecule has 0 atom stereocenters. The summed E-state index contributed by atoms with van der Waals surface area (Å²) in [6, 6.07) is 15.6. The van der Waals surface area contributed by atoms with Crippen molar-refractivity contribution in [3.05, 3.63) is 65.5 Å². The lowest BCUT2D eigenvalue weighted by atomic mass is 10.0. The van der Waals surface area contributed by atoms with Crippen molar-refractivity contribution < 1.29 is 4.39 Å². The summed E-state index contributed by atoms with van der Waals surface area (Å²) < 4.78 is 13.5. The van der Waals surface area contributed by atoms with Crippen LogP contribution in [-0.4, -0.2) is 0 Å². The number of hydrogen-bond donors (Lipinski definition) is 0. The minimum atomic E-state index is -0.134. The number of benzene rings is 2. The Hall–Kier alpha value is -1.28. The zero-order chi connectivity index (χ0) is 13.0. The van der Waals surface area contributed by atoms with E-state index in [0.29, 0.717) is 5.92 Å². The van der Waals surface area contributed by atoms with Crippen LogP contribution in [0.2, 0.25) is 0 Å². The minimum Gasteiger partial charge on any atom is -0.207 e. The third-order valence-electron chi connectivity index (χ3n) is 2.80. The quantitative estimate of drug-likeness (QED) is 0.677. The standard InChI is InChI=1S/C16H17FS/c1-12(2)14-8-13(9-15(17)10-14)11-18-16-6-4-3-5-7-16/h3-10,12H,11H2,1-2H3. The molecule has 0 bridgehead atoms. The summed E-state index contributed by atoms with van der Waals surface area (Å²) in [6.07, 6.45) is 0. The van der Waals surface area contributed by atoms with E-state index in [1.54, 1.807) is 23.9 Å². The zero-order valence-electron chi connectivity index (χ0n) is 10.7. The summed E-state index contributed by atoms with van der Waals surface area (Å²) >= 11 is 1.74. The van der Waals surface area contributed by atoms with Gasteiger partial charge in [-0.05, 0) is 41.3 Å². The SMILES string of the molecule is CC(C)c1cc(F)cc(CSc2ccccc2)c1. The number of rotatable bonds is 4. The molecule has 0 unspecified atom stereocenters. The molecule has 0 aliphatic carbocycles. The molecule has 2 aromatic carbocycles. The van der Waals surface area contributed by atoms with Crippen LogP contribution in [0.15, 0.2) is 53.4 Å². The lowest BCUT2D eigenvalue weighted by molar-refractivity contribution is 0.621. The van der Waals surface area contributed by atoms with Crippen LogP contribution in [0.3, 0.4) is 0 Å². The van der Waals surface area contributed by atoms with Gasteiger partial charge in [-0.2, -0.15) is 0 Å². The van der Waals surface area contributed by atoms with Gasteiger partial charge in [-0.25, -0.2) is 4.39 Å². The molecule has 0 spiro atoms. The second-order valence-corrected chi connectivity index (χ2v) is 5.70.